The third kappa shape index (κ3) is 6.02. The first kappa shape index (κ1) is 16.4. The number of nitrogens with two attached hydrogens (primary N) is 1. The van der Waals surface area contributed by atoms with E-state index in [1.54, 1.807) is 11.0 Å². The molecule has 0 aliphatic carbocycles. The molecule has 1 aromatic carbocycles. The van der Waals surface area contributed by atoms with Gasteiger partial charge in [-0.15, -0.1) is 0 Å². The summed E-state index contributed by atoms with van der Waals surface area (Å²) >= 11 is 0. The molecule has 0 unspecified atom stereocenters. The Kier molecular flexibility index (Phi) is 5.95. The van der Waals surface area contributed by atoms with Crippen LogP contribution >= 0.6 is 0 Å². The molecule has 0 fully saturated rings. The average Bonchev–Trinajstić information content (AvgIpc) is 2.32. The number of carbonyl (C=O) groups is 1. The lowest BCUT2D eigenvalue weighted by Gasteiger charge is -2.27. The first-order valence-electron chi connectivity index (χ1n) is 6.74. The number of hydrogen-bond donors (Lipinski definition) is 1. The van der Waals surface area contributed by atoms with Gasteiger partial charge in [-0.1, -0.05) is 12.1 Å². The molecular formula is C15H23FN2O2. The summed E-state index contributed by atoms with van der Waals surface area (Å²) in [5.41, 5.74) is 5.82. The van der Waals surface area contributed by atoms with E-state index in [1.165, 1.54) is 12.1 Å². The highest BCUT2D eigenvalue weighted by Crippen LogP contribution is 2.11. The Bertz CT molecular complexity index is 444. The number of rotatable bonds is 5. The second-order valence-corrected chi connectivity index (χ2v) is 5.64. The number of amides is 1. The SMILES string of the molecule is CC(C)(C)OC(=O)N(CCN)CCc1cccc(F)c1. The van der Waals surface area contributed by atoms with Crippen LogP contribution in [-0.2, 0) is 11.2 Å². The number of benzene rings is 1. The summed E-state index contributed by atoms with van der Waals surface area (Å²) in [6.07, 6.45) is 0.177. The van der Waals surface area contributed by atoms with Gasteiger partial charge in [0.15, 0.2) is 0 Å². The van der Waals surface area contributed by atoms with Crippen molar-refractivity contribution in [3.63, 3.8) is 0 Å². The molecule has 0 spiro atoms. The van der Waals surface area contributed by atoms with Crippen LogP contribution in [0.1, 0.15) is 26.3 Å². The molecule has 0 bridgehead atoms. The van der Waals surface area contributed by atoms with Crippen molar-refractivity contribution in [2.45, 2.75) is 32.8 Å². The van der Waals surface area contributed by atoms with Crippen LogP contribution in [-0.4, -0.2) is 36.2 Å². The van der Waals surface area contributed by atoms with Gasteiger partial charge in [0, 0.05) is 19.6 Å². The number of ether oxygens (including phenoxy) is 1. The molecule has 0 saturated carbocycles. The van der Waals surface area contributed by atoms with Crippen molar-refractivity contribution in [3.8, 4) is 0 Å². The fourth-order valence-electron chi connectivity index (χ4n) is 1.73. The Morgan fingerprint density at radius 2 is 2.05 bits per heavy atom. The highest BCUT2D eigenvalue weighted by molar-refractivity contribution is 5.68. The second-order valence-electron chi connectivity index (χ2n) is 5.64. The highest BCUT2D eigenvalue weighted by atomic mass is 19.1. The molecule has 20 heavy (non-hydrogen) atoms. The summed E-state index contributed by atoms with van der Waals surface area (Å²) in [4.78, 5) is 13.6. The minimum Gasteiger partial charge on any atom is -0.444 e. The molecule has 0 aromatic heterocycles. The monoisotopic (exact) mass is 282 g/mol. The molecule has 112 valence electrons. The minimum absolute atomic E-state index is 0.273. The van der Waals surface area contributed by atoms with E-state index in [0.29, 0.717) is 26.1 Å². The van der Waals surface area contributed by atoms with E-state index in [9.17, 15) is 9.18 Å². The Balaban J connectivity index is 2.61. The van der Waals surface area contributed by atoms with Crippen LogP contribution in [0, 0.1) is 5.82 Å². The topological polar surface area (TPSA) is 55.6 Å². The maximum atomic E-state index is 13.1. The van der Waals surface area contributed by atoms with E-state index in [2.05, 4.69) is 0 Å². The van der Waals surface area contributed by atoms with Gasteiger partial charge in [0.25, 0.3) is 0 Å². The molecule has 0 aliphatic rings. The van der Waals surface area contributed by atoms with E-state index in [4.69, 9.17) is 10.5 Å². The molecule has 1 aromatic rings. The third-order valence-electron chi connectivity index (χ3n) is 2.61. The zero-order valence-corrected chi connectivity index (χ0v) is 12.4. The molecule has 2 N–H and O–H groups in total. The van der Waals surface area contributed by atoms with Gasteiger partial charge in [0.05, 0.1) is 0 Å². The van der Waals surface area contributed by atoms with Gasteiger partial charge < -0.3 is 15.4 Å². The summed E-state index contributed by atoms with van der Waals surface area (Å²) in [7, 11) is 0. The largest absolute Gasteiger partial charge is 0.444 e. The van der Waals surface area contributed by atoms with Crippen LogP contribution in [0.3, 0.4) is 0 Å². The maximum absolute atomic E-state index is 13.1. The fourth-order valence-corrected chi connectivity index (χ4v) is 1.73. The summed E-state index contributed by atoms with van der Waals surface area (Å²) in [5, 5.41) is 0. The summed E-state index contributed by atoms with van der Waals surface area (Å²) in [5.74, 6) is -0.273. The summed E-state index contributed by atoms with van der Waals surface area (Å²) in [6, 6.07) is 6.36. The average molecular weight is 282 g/mol. The van der Waals surface area contributed by atoms with Crippen LogP contribution in [0.15, 0.2) is 24.3 Å². The Hall–Kier alpha value is -1.62. The molecule has 5 heteroatoms. The third-order valence-corrected chi connectivity index (χ3v) is 2.61. The maximum Gasteiger partial charge on any atom is 0.410 e. The predicted octanol–water partition coefficient (Wildman–Crippen LogP) is 2.56. The smallest absolute Gasteiger partial charge is 0.410 e. The molecule has 0 aliphatic heterocycles. The van der Waals surface area contributed by atoms with Gasteiger partial charge in [-0.05, 0) is 44.9 Å². The molecule has 0 saturated heterocycles. The zero-order chi connectivity index (χ0) is 15.2. The molecule has 1 rings (SSSR count). The van der Waals surface area contributed by atoms with Crippen molar-refractivity contribution in [2.24, 2.45) is 5.73 Å². The first-order chi connectivity index (χ1) is 9.31. The molecule has 0 radical (unpaired) electrons. The lowest BCUT2D eigenvalue weighted by Crippen LogP contribution is -2.40. The van der Waals surface area contributed by atoms with E-state index in [1.807, 2.05) is 26.8 Å². The van der Waals surface area contributed by atoms with Gasteiger partial charge in [-0.25, -0.2) is 9.18 Å². The van der Waals surface area contributed by atoms with Crippen LogP contribution in [0.2, 0.25) is 0 Å². The van der Waals surface area contributed by atoms with Crippen molar-refractivity contribution >= 4 is 6.09 Å². The molecule has 0 heterocycles. The van der Waals surface area contributed by atoms with Crippen molar-refractivity contribution in [3.05, 3.63) is 35.6 Å². The molecular weight excluding hydrogens is 259 g/mol. The number of halogens is 1. The second kappa shape index (κ2) is 7.24. The quantitative estimate of drug-likeness (QED) is 0.903. The van der Waals surface area contributed by atoms with Crippen molar-refractivity contribution in [2.75, 3.05) is 19.6 Å². The Morgan fingerprint density at radius 1 is 1.35 bits per heavy atom. The van der Waals surface area contributed by atoms with Crippen LogP contribution in [0.4, 0.5) is 9.18 Å². The Morgan fingerprint density at radius 3 is 2.60 bits per heavy atom. The van der Waals surface area contributed by atoms with Crippen molar-refractivity contribution in [1.82, 2.24) is 4.90 Å². The number of nitrogens with zero attached hydrogens (tertiary/aromatic N) is 1. The Labute approximate surface area is 119 Å². The van der Waals surface area contributed by atoms with Gasteiger partial charge in [-0.2, -0.15) is 0 Å². The minimum atomic E-state index is -0.539. The zero-order valence-electron chi connectivity index (χ0n) is 12.4. The van der Waals surface area contributed by atoms with Crippen LogP contribution < -0.4 is 5.73 Å². The van der Waals surface area contributed by atoms with Crippen LogP contribution in [0.5, 0.6) is 0 Å². The van der Waals surface area contributed by atoms with Gasteiger partial charge in [0.1, 0.15) is 11.4 Å². The van der Waals surface area contributed by atoms with Crippen molar-refractivity contribution in [1.29, 1.82) is 0 Å². The van der Waals surface area contributed by atoms with Gasteiger partial charge in [0.2, 0.25) is 0 Å². The van der Waals surface area contributed by atoms with E-state index < -0.39 is 5.60 Å². The van der Waals surface area contributed by atoms with Crippen LogP contribution in [0.25, 0.3) is 0 Å². The normalized spacial score (nSPS) is 11.2. The lowest BCUT2D eigenvalue weighted by molar-refractivity contribution is 0.0257. The standard InChI is InChI=1S/C15H23FN2O2/c1-15(2,3)20-14(19)18(10-8-17)9-7-12-5-4-6-13(16)11-12/h4-6,11H,7-10,17H2,1-3H3. The summed E-state index contributed by atoms with van der Waals surface area (Å²) in [6.45, 7) is 6.69. The van der Waals surface area contributed by atoms with E-state index >= 15 is 0 Å². The van der Waals surface area contributed by atoms with E-state index in [-0.39, 0.29) is 11.9 Å². The summed E-state index contributed by atoms with van der Waals surface area (Å²) < 4.78 is 18.4. The highest BCUT2D eigenvalue weighted by Gasteiger charge is 2.21. The predicted molar refractivity (Wildman–Crippen MR) is 77.0 cm³/mol. The lowest BCUT2D eigenvalue weighted by atomic mass is 10.1. The number of carbonyl (C=O) groups excluding carboxylic acids is 1. The van der Waals surface area contributed by atoms with Gasteiger partial charge >= 0.3 is 6.09 Å². The first-order valence-corrected chi connectivity index (χ1v) is 6.74. The van der Waals surface area contributed by atoms with Crippen molar-refractivity contribution < 1.29 is 13.9 Å². The molecule has 0 atom stereocenters. The molecule has 1 amide bonds. The van der Waals surface area contributed by atoms with E-state index in [0.717, 1.165) is 5.56 Å². The molecule has 4 nitrogen and oxygen atoms in total. The van der Waals surface area contributed by atoms with Gasteiger partial charge in [-0.3, -0.25) is 0 Å². The fraction of sp³-hybridized carbons (Fsp3) is 0.533. The number of hydrogen-bond acceptors (Lipinski definition) is 3.